The molecular formula is C20H31N6O7PS. The highest BCUT2D eigenvalue weighted by Gasteiger charge is 2.35. The molecule has 1 saturated heterocycles. The minimum absolute atomic E-state index is 0.0640. The van der Waals surface area contributed by atoms with E-state index in [4.69, 9.17) is 30.0 Å². The van der Waals surface area contributed by atoms with Crippen molar-refractivity contribution < 1.29 is 32.7 Å². The second-order valence-corrected chi connectivity index (χ2v) is 10.9. The fourth-order valence-electron chi connectivity index (χ4n) is 3.46. The van der Waals surface area contributed by atoms with Crippen LogP contribution >= 0.6 is 20.0 Å². The Morgan fingerprint density at radius 2 is 2.09 bits per heavy atom. The van der Waals surface area contributed by atoms with E-state index in [1.807, 2.05) is 11.5 Å². The van der Waals surface area contributed by atoms with Gasteiger partial charge in [-0.2, -0.15) is 0 Å². The van der Waals surface area contributed by atoms with Crippen LogP contribution < -0.4 is 11.5 Å². The molecule has 35 heavy (non-hydrogen) atoms. The number of nitrogens with two attached hydrogens (primary N) is 2. The lowest BCUT2D eigenvalue weighted by Gasteiger charge is -2.21. The maximum Gasteiger partial charge on any atom is 0.319 e. The summed E-state index contributed by atoms with van der Waals surface area (Å²) in [5, 5.41) is -0.176. The van der Waals surface area contributed by atoms with E-state index in [-0.39, 0.29) is 55.5 Å². The first-order valence-electron chi connectivity index (χ1n) is 11.0. The summed E-state index contributed by atoms with van der Waals surface area (Å²) in [5.74, 6) is 0.146. The number of aromatic nitrogens is 4. The molecule has 0 amide bonds. The molecule has 0 saturated carbocycles. The van der Waals surface area contributed by atoms with E-state index < -0.39 is 19.6 Å². The minimum Gasteiger partial charge on any atom is -0.464 e. The maximum atomic E-state index is 12.3. The van der Waals surface area contributed by atoms with E-state index in [1.165, 1.54) is 6.33 Å². The fraction of sp³-hybridized carbons (Fsp3) is 0.650. The van der Waals surface area contributed by atoms with Crippen molar-refractivity contribution in [3.05, 3.63) is 12.7 Å². The highest BCUT2D eigenvalue weighted by atomic mass is 32.2. The molecule has 1 aliphatic heterocycles. The molecule has 4 N–H and O–H groups in total. The minimum atomic E-state index is -2.76. The fourth-order valence-corrected chi connectivity index (χ4v) is 5.08. The summed E-state index contributed by atoms with van der Waals surface area (Å²) in [7, 11) is -2.76. The van der Waals surface area contributed by atoms with Crippen LogP contribution in [-0.2, 0) is 32.7 Å². The number of rotatable bonds is 12. The number of fused-ring (bicyclic) bond motifs is 1. The number of ether oxygens (including phenoxy) is 2. The first-order valence-corrected chi connectivity index (χ1v) is 13.2. The van der Waals surface area contributed by atoms with E-state index in [2.05, 4.69) is 15.0 Å². The molecule has 2 aromatic heterocycles. The number of anilines is 1. The van der Waals surface area contributed by atoms with Crippen LogP contribution in [0.15, 0.2) is 12.7 Å². The van der Waals surface area contributed by atoms with Crippen molar-refractivity contribution in [1.29, 1.82) is 0 Å². The topological polar surface area (TPSA) is 184 Å². The Balaban J connectivity index is 1.37. The van der Waals surface area contributed by atoms with Crippen molar-refractivity contribution in [2.75, 3.05) is 37.9 Å². The normalized spacial score (nSPS) is 21.3. The van der Waals surface area contributed by atoms with Crippen molar-refractivity contribution in [2.24, 2.45) is 17.1 Å². The Morgan fingerprint density at radius 1 is 1.31 bits per heavy atom. The number of hydrogen-bond acceptors (Lipinski definition) is 13. The smallest absolute Gasteiger partial charge is 0.319 e. The number of imidazole rings is 1. The van der Waals surface area contributed by atoms with Crippen molar-refractivity contribution in [3.63, 3.8) is 0 Å². The van der Waals surface area contributed by atoms with Crippen LogP contribution in [0.5, 0.6) is 0 Å². The summed E-state index contributed by atoms with van der Waals surface area (Å²) < 4.78 is 35.6. The molecule has 2 aromatic rings. The van der Waals surface area contributed by atoms with E-state index >= 15 is 0 Å². The highest BCUT2D eigenvalue weighted by molar-refractivity contribution is 8.13. The molecule has 13 nitrogen and oxygen atoms in total. The molecule has 1 unspecified atom stereocenters. The van der Waals surface area contributed by atoms with Gasteiger partial charge in [0, 0.05) is 11.7 Å². The molecule has 0 aromatic carbocycles. The second-order valence-electron chi connectivity index (χ2n) is 8.74. The van der Waals surface area contributed by atoms with Crippen molar-refractivity contribution in [1.82, 2.24) is 19.5 Å². The Hall–Kier alpha value is -2.09. The third-order valence-corrected chi connectivity index (χ3v) is 7.38. The molecule has 0 bridgehead atoms. The number of thioether (sulfide) groups is 1. The van der Waals surface area contributed by atoms with Gasteiger partial charge in [-0.3, -0.25) is 18.7 Å². The van der Waals surface area contributed by atoms with Gasteiger partial charge in [0.05, 0.1) is 37.6 Å². The zero-order valence-corrected chi connectivity index (χ0v) is 21.7. The predicted molar refractivity (Wildman–Crippen MR) is 130 cm³/mol. The van der Waals surface area contributed by atoms with Crippen molar-refractivity contribution in [2.45, 2.75) is 39.5 Å². The Labute approximate surface area is 207 Å². The van der Waals surface area contributed by atoms with Gasteiger partial charge in [-0.25, -0.2) is 15.0 Å². The summed E-state index contributed by atoms with van der Waals surface area (Å²) in [4.78, 5) is 36.0. The first kappa shape index (κ1) is 27.5. The molecule has 0 radical (unpaired) electrons. The third kappa shape index (κ3) is 7.21. The number of nitrogen functional groups attached to an aromatic ring is 1. The monoisotopic (exact) mass is 530 g/mol. The van der Waals surface area contributed by atoms with E-state index in [1.54, 1.807) is 20.2 Å². The standard InChI is InChI=1S/C20H31N6O7PS/c1-12-6-13(33-18(12)26-11-25-15-16(22)23-10-24-17(15)26)8-32-34(29)31-4-5-35-19(28)20(2,3)9-30-14(27)7-21/h10-13,18,34H,4-9,21H2,1-3H3,(H2,22,23,24)/t12-,13-,18+/m0/s1. The number of esters is 1. The van der Waals surface area contributed by atoms with E-state index in [9.17, 15) is 14.2 Å². The summed E-state index contributed by atoms with van der Waals surface area (Å²) in [5.41, 5.74) is 11.3. The molecular weight excluding hydrogens is 499 g/mol. The Morgan fingerprint density at radius 3 is 2.83 bits per heavy atom. The largest absolute Gasteiger partial charge is 0.464 e. The lowest BCUT2D eigenvalue weighted by atomic mass is 9.97. The number of nitrogens with zero attached hydrogens (tertiary/aromatic N) is 4. The summed E-state index contributed by atoms with van der Waals surface area (Å²) in [6.45, 7) is 5.24. The molecule has 3 rings (SSSR count). The SMILES string of the molecule is C[C@H]1C[C@@H](CO[PH](=O)OCCSC(=O)C(C)(C)COC(=O)CN)O[C@H]1n1cnc2c(N)ncnc21. The third-order valence-electron chi connectivity index (χ3n) is 5.35. The summed E-state index contributed by atoms with van der Waals surface area (Å²) in [6.07, 6.45) is 3.09. The number of carbonyl (C=O) groups excluding carboxylic acids is 2. The molecule has 194 valence electrons. The zero-order chi connectivity index (χ0) is 25.6. The van der Waals surface area contributed by atoms with Crippen LogP contribution in [-0.4, -0.2) is 68.8 Å². The van der Waals surface area contributed by atoms with Crippen LogP contribution in [0.2, 0.25) is 0 Å². The predicted octanol–water partition coefficient (Wildman–Crippen LogP) is 1.54. The second kappa shape index (κ2) is 12.2. The van der Waals surface area contributed by atoms with Gasteiger partial charge in [0.25, 0.3) is 0 Å². The van der Waals surface area contributed by atoms with Gasteiger partial charge in [-0.05, 0) is 20.3 Å². The Kier molecular flexibility index (Phi) is 9.62. The van der Waals surface area contributed by atoms with E-state index in [0.29, 0.717) is 23.4 Å². The van der Waals surface area contributed by atoms with Crippen LogP contribution in [0.3, 0.4) is 0 Å². The molecule has 3 heterocycles. The maximum absolute atomic E-state index is 12.3. The van der Waals surface area contributed by atoms with Crippen LogP contribution in [0.25, 0.3) is 11.2 Å². The average Bonchev–Trinajstić information content (AvgIpc) is 3.42. The molecule has 1 aliphatic rings. The average molecular weight is 531 g/mol. The van der Waals surface area contributed by atoms with Gasteiger partial charge in [0.2, 0.25) is 0 Å². The van der Waals surface area contributed by atoms with Gasteiger partial charge in [0.1, 0.15) is 24.7 Å². The summed E-state index contributed by atoms with van der Waals surface area (Å²) in [6, 6.07) is 0. The van der Waals surface area contributed by atoms with Crippen molar-refractivity contribution in [3.8, 4) is 0 Å². The molecule has 1 fully saturated rings. The number of carbonyl (C=O) groups is 2. The van der Waals surface area contributed by atoms with Gasteiger partial charge in [0.15, 0.2) is 16.6 Å². The van der Waals surface area contributed by atoms with Crippen LogP contribution in [0.1, 0.15) is 33.4 Å². The lowest BCUT2D eigenvalue weighted by molar-refractivity contribution is -0.146. The Bertz CT molecular complexity index is 1070. The molecule has 0 aliphatic carbocycles. The van der Waals surface area contributed by atoms with Crippen LogP contribution in [0, 0.1) is 11.3 Å². The number of hydrogen-bond donors (Lipinski definition) is 2. The van der Waals surface area contributed by atoms with E-state index in [0.717, 1.165) is 11.8 Å². The highest BCUT2D eigenvalue weighted by Crippen LogP contribution is 2.37. The first-order chi connectivity index (χ1) is 16.6. The van der Waals surface area contributed by atoms with Gasteiger partial charge >= 0.3 is 14.2 Å². The van der Waals surface area contributed by atoms with Gasteiger partial charge in [-0.15, -0.1) is 0 Å². The molecule has 0 spiro atoms. The molecule has 4 atom stereocenters. The molecule has 15 heteroatoms. The van der Waals surface area contributed by atoms with Crippen LogP contribution in [0.4, 0.5) is 5.82 Å². The van der Waals surface area contributed by atoms with Crippen molar-refractivity contribution >= 4 is 48.1 Å². The van der Waals surface area contributed by atoms with Gasteiger partial charge < -0.3 is 30.0 Å². The van der Waals surface area contributed by atoms with Gasteiger partial charge in [-0.1, -0.05) is 18.7 Å². The quantitative estimate of drug-likeness (QED) is 0.229. The lowest BCUT2D eigenvalue weighted by Crippen LogP contribution is -2.31. The summed E-state index contributed by atoms with van der Waals surface area (Å²) >= 11 is 1.01. The zero-order valence-electron chi connectivity index (χ0n) is 19.8.